The van der Waals surface area contributed by atoms with Gasteiger partial charge in [0.25, 0.3) is 0 Å². The highest BCUT2D eigenvalue weighted by Crippen LogP contribution is 2.17. The minimum Gasteiger partial charge on any atom is -0.361 e. The van der Waals surface area contributed by atoms with E-state index in [1.54, 1.807) is 13.1 Å². The van der Waals surface area contributed by atoms with Gasteiger partial charge in [0.15, 0.2) is 0 Å². The molecule has 94 valence electrons. The highest BCUT2D eigenvalue weighted by atomic mass is 35.5. The van der Waals surface area contributed by atoms with Gasteiger partial charge in [-0.05, 0) is 30.2 Å². The summed E-state index contributed by atoms with van der Waals surface area (Å²) in [6.07, 6.45) is 2.02. The maximum absolute atomic E-state index is 11.7. The number of nitrogens with one attached hydrogen (secondary N) is 2. The molecule has 1 atom stereocenters. The molecule has 0 bridgehead atoms. The first kappa shape index (κ1) is 12.6. The minimum absolute atomic E-state index is 0.221. The van der Waals surface area contributed by atoms with Gasteiger partial charge in [-0.1, -0.05) is 18.2 Å². The van der Waals surface area contributed by atoms with Crippen molar-refractivity contribution >= 4 is 33.7 Å². The van der Waals surface area contributed by atoms with Crippen LogP contribution in [0.25, 0.3) is 10.9 Å². The largest absolute Gasteiger partial charge is 0.361 e. The molecule has 2 rings (SSSR count). The Balaban J connectivity index is 2.10. The van der Waals surface area contributed by atoms with Crippen molar-refractivity contribution in [3.05, 3.63) is 36.0 Å². The third kappa shape index (κ3) is 2.71. The van der Waals surface area contributed by atoms with Crippen molar-refractivity contribution in [1.82, 2.24) is 10.3 Å². The lowest BCUT2D eigenvalue weighted by Crippen LogP contribution is -2.37. The number of hydrogen-bond donors (Lipinski definition) is 2. The van der Waals surface area contributed by atoms with Crippen LogP contribution in [0.15, 0.2) is 30.5 Å². The summed E-state index contributed by atoms with van der Waals surface area (Å²) in [4.78, 5) is 25.7. The van der Waals surface area contributed by atoms with E-state index in [0.717, 1.165) is 16.5 Å². The van der Waals surface area contributed by atoms with Crippen molar-refractivity contribution in [1.29, 1.82) is 0 Å². The van der Waals surface area contributed by atoms with Gasteiger partial charge in [-0.15, -0.1) is 0 Å². The van der Waals surface area contributed by atoms with Crippen LogP contribution in [0.1, 0.15) is 12.5 Å². The highest BCUT2D eigenvalue weighted by Gasteiger charge is 2.14. The molecule has 0 fully saturated rings. The van der Waals surface area contributed by atoms with Gasteiger partial charge in [0.2, 0.25) is 11.1 Å². The lowest BCUT2D eigenvalue weighted by Gasteiger charge is -2.08. The van der Waals surface area contributed by atoms with Crippen LogP contribution in [-0.2, 0) is 16.0 Å². The van der Waals surface area contributed by atoms with E-state index in [4.69, 9.17) is 11.6 Å². The van der Waals surface area contributed by atoms with E-state index in [0.29, 0.717) is 0 Å². The summed E-state index contributed by atoms with van der Waals surface area (Å²) in [5.74, 6) is -0.221. The van der Waals surface area contributed by atoms with E-state index in [1.165, 1.54) is 0 Å². The van der Waals surface area contributed by atoms with Gasteiger partial charge in [0, 0.05) is 17.1 Å². The fourth-order valence-corrected chi connectivity index (χ4v) is 1.85. The summed E-state index contributed by atoms with van der Waals surface area (Å²) in [5.41, 5.74) is 1.89. The molecule has 0 aliphatic carbocycles. The fraction of sp³-hybridized carbons (Fsp3) is 0.231. The summed E-state index contributed by atoms with van der Waals surface area (Å²) < 4.78 is 0. The quantitative estimate of drug-likeness (QED) is 0.830. The Labute approximate surface area is 109 Å². The maximum Gasteiger partial charge on any atom is 0.243 e. The lowest BCUT2D eigenvalue weighted by atomic mass is 10.1. The third-order valence-electron chi connectivity index (χ3n) is 2.74. The van der Waals surface area contributed by atoms with Crippen LogP contribution in [0.3, 0.4) is 0 Å². The number of fused-ring (bicyclic) bond motifs is 1. The van der Waals surface area contributed by atoms with Crippen molar-refractivity contribution < 1.29 is 9.59 Å². The third-order valence-corrected chi connectivity index (χ3v) is 3.07. The van der Waals surface area contributed by atoms with E-state index in [9.17, 15) is 9.59 Å². The summed E-state index contributed by atoms with van der Waals surface area (Å²) in [5, 5.41) is 2.99. The second kappa shape index (κ2) is 5.23. The molecule has 0 spiro atoms. The van der Waals surface area contributed by atoms with Crippen LogP contribution in [-0.4, -0.2) is 22.2 Å². The number of carbonyl (C=O) groups is 2. The zero-order valence-electron chi connectivity index (χ0n) is 9.87. The van der Waals surface area contributed by atoms with Crippen LogP contribution in [0.4, 0.5) is 0 Å². The molecule has 2 aromatic rings. The van der Waals surface area contributed by atoms with E-state index in [-0.39, 0.29) is 12.3 Å². The minimum atomic E-state index is -0.663. The molecule has 18 heavy (non-hydrogen) atoms. The van der Waals surface area contributed by atoms with Crippen LogP contribution in [0.5, 0.6) is 0 Å². The van der Waals surface area contributed by atoms with E-state index in [1.807, 2.05) is 24.3 Å². The number of carbonyl (C=O) groups excluding carboxylic acids is 2. The van der Waals surface area contributed by atoms with Gasteiger partial charge < -0.3 is 10.3 Å². The van der Waals surface area contributed by atoms with Crippen molar-refractivity contribution in [3.63, 3.8) is 0 Å². The normalized spacial score (nSPS) is 12.3. The molecule has 0 saturated heterocycles. The van der Waals surface area contributed by atoms with Gasteiger partial charge in [0.05, 0.1) is 6.42 Å². The van der Waals surface area contributed by atoms with Crippen LogP contribution in [0.2, 0.25) is 0 Å². The number of para-hydroxylation sites is 1. The number of halogens is 1. The standard InChI is InChI=1S/C13H13ClN2O2/c1-8(13(14)18)16-12(17)6-9-7-15-11-5-3-2-4-10(9)11/h2-5,7-8,15H,6H2,1H3,(H,16,17). The Morgan fingerprint density at radius 1 is 1.39 bits per heavy atom. The summed E-state index contributed by atoms with van der Waals surface area (Å²) in [6.45, 7) is 1.56. The molecule has 1 unspecified atom stereocenters. The molecule has 0 radical (unpaired) electrons. The average Bonchev–Trinajstić information content (AvgIpc) is 2.72. The predicted molar refractivity (Wildman–Crippen MR) is 70.5 cm³/mol. The zero-order valence-corrected chi connectivity index (χ0v) is 10.6. The van der Waals surface area contributed by atoms with Gasteiger partial charge in [-0.2, -0.15) is 0 Å². The predicted octanol–water partition coefficient (Wildman–Crippen LogP) is 1.98. The zero-order chi connectivity index (χ0) is 13.1. The van der Waals surface area contributed by atoms with Crippen LogP contribution >= 0.6 is 11.6 Å². The van der Waals surface area contributed by atoms with Crippen molar-refractivity contribution in [3.8, 4) is 0 Å². The van der Waals surface area contributed by atoms with Crippen LogP contribution in [0, 0.1) is 0 Å². The van der Waals surface area contributed by atoms with E-state index < -0.39 is 11.3 Å². The van der Waals surface area contributed by atoms with Crippen molar-refractivity contribution in [2.75, 3.05) is 0 Å². The van der Waals surface area contributed by atoms with Crippen molar-refractivity contribution in [2.24, 2.45) is 0 Å². The van der Waals surface area contributed by atoms with Crippen LogP contribution < -0.4 is 5.32 Å². The van der Waals surface area contributed by atoms with E-state index >= 15 is 0 Å². The van der Waals surface area contributed by atoms with E-state index in [2.05, 4.69) is 10.3 Å². The van der Waals surface area contributed by atoms with Gasteiger partial charge in [-0.3, -0.25) is 9.59 Å². The Hall–Kier alpha value is -1.81. The molecule has 5 heteroatoms. The summed E-state index contributed by atoms with van der Waals surface area (Å²) in [7, 11) is 0. The highest BCUT2D eigenvalue weighted by molar-refractivity contribution is 6.64. The fourth-order valence-electron chi connectivity index (χ4n) is 1.80. The second-order valence-electron chi connectivity index (χ2n) is 4.13. The number of aromatic amines is 1. The van der Waals surface area contributed by atoms with Gasteiger partial charge in [0.1, 0.15) is 6.04 Å². The molecule has 1 heterocycles. The first-order valence-electron chi connectivity index (χ1n) is 5.61. The Morgan fingerprint density at radius 2 is 2.11 bits per heavy atom. The number of rotatable bonds is 4. The van der Waals surface area contributed by atoms with Crippen molar-refractivity contribution in [2.45, 2.75) is 19.4 Å². The molecule has 1 aromatic heterocycles. The first-order chi connectivity index (χ1) is 8.58. The van der Waals surface area contributed by atoms with Gasteiger partial charge >= 0.3 is 0 Å². The molecule has 2 N–H and O–H groups in total. The SMILES string of the molecule is CC(NC(=O)Cc1c[nH]c2ccccc12)C(=O)Cl. The first-order valence-corrected chi connectivity index (χ1v) is 5.99. The molecule has 0 saturated carbocycles. The average molecular weight is 265 g/mol. The Bertz CT molecular complexity index is 591. The second-order valence-corrected chi connectivity index (χ2v) is 4.50. The Kier molecular flexibility index (Phi) is 3.67. The van der Waals surface area contributed by atoms with Gasteiger partial charge in [-0.25, -0.2) is 0 Å². The monoisotopic (exact) mass is 264 g/mol. The Morgan fingerprint density at radius 3 is 2.83 bits per heavy atom. The number of hydrogen-bond acceptors (Lipinski definition) is 2. The topological polar surface area (TPSA) is 62.0 Å². The lowest BCUT2D eigenvalue weighted by molar-refractivity contribution is -0.124. The number of aromatic nitrogens is 1. The summed E-state index contributed by atoms with van der Waals surface area (Å²) >= 11 is 5.29. The maximum atomic E-state index is 11.7. The molecule has 1 amide bonds. The molecule has 1 aromatic carbocycles. The number of H-pyrrole nitrogens is 1. The molecule has 0 aliphatic rings. The molecular formula is C13H13ClN2O2. The number of amides is 1. The summed E-state index contributed by atoms with van der Waals surface area (Å²) in [6, 6.07) is 7.08. The smallest absolute Gasteiger partial charge is 0.243 e. The molecule has 4 nitrogen and oxygen atoms in total. The number of benzene rings is 1. The molecule has 0 aliphatic heterocycles. The molecular weight excluding hydrogens is 252 g/mol.